The second-order valence-electron chi connectivity index (χ2n) is 10.5. The third kappa shape index (κ3) is 5.96. The van der Waals surface area contributed by atoms with E-state index in [2.05, 4.69) is 25.0 Å². The average Bonchev–Trinajstić information content (AvgIpc) is 3.55. The van der Waals surface area contributed by atoms with E-state index in [1.54, 1.807) is 19.5 Å². The van der Waals surface area contributed by atoms with E-state index >= 15 is 4.39 Å². The molecule has 1 aliphatic carbocycles. The van der Waals surface area contributed by atoms with Gasteiger partial charge in [0.05, 0.1) is 25.6 Å². The predicted octanol–water partition coefficient (Wildman–Crippen LogP) is 3.02. The molecule has 2 aromatic heterocycles. The number of allylic oxidation sites excluding steroid dienone is 3. The first-order valence-electron chi connectivity index (χ1n) is 13.1. The van der Waals surface area contributed by atoms with Crippen LogP contribution in [0.15, 0.2) is 40.5 Å². The molecule has 0 bridgehead atoms. The Morgan fingerprint density at radius 1 is 1.18 bits per heavy atom. The smallest absolute Gasteiger partial charge is 0.324 e. The van der Waals surface area contributed by atoms with Gasteiger partial charge in [-0.05, 0) is 43.4 Å². The topological polar surface area (TPSA) is 116 Å². The molecule has 0 radical (unpaired) electrons. The van der Waals surface area contributed by atoms with Gasteiger partial charge >= 0.3 is 6.01 Å². The molecule has 0 amide bonds. The monoisotopic (exact) mass is 531 g/mol. The lowest BCUT2D eigenvalue weighted by Gasteiger charge is -2.31. The lowest BCUT2D eigenvalue weighted by Crippen LogP contribution is -2.37. The summed E-state index contributed by atoms with van der Waals surface area (Å²) in [5.41, 5.74) is 5.14. The molecule has 206 valence electrons. The number of aromatic nitrogens is 4. The molecule has 38 heavy (non-hydrogen) atoms. The van der Waals surface area contributed by atoms with Gasteiger partial charge in [-0.15, -0.1) is 0 Å². The molecular formula is C26H35F2N7O3. The number of hydrogen-bond donors (Lipinski definition) is 1. The van der Waals surface area contributed by atoms with E-state index in [-0.39, 0.29) is 18.4 Å². The van der Waals surface area contributed by atoms with Crippen LogP contribution in [0.25, 0.3) is 0 Å². The molecule has 2 saturated heterocycles. The van der Waals surface area contributed by atoms with E-state index in [1.807, 2.05) is 4.90 Å². The summed E-state index contributed by atoms with van der Waals surface area (Å²) in [4.78, 5) is 17.4. The van der Waals surface area contributed by atoms with Crippen LogP contribution in [0.5, 0.6) is 5.75 Å². The van der Waals surface area contributed by atoms with Gasteiger partial charge in [-0.1, -0.05) is 5.16 Å². The number of nitrogens with zero attached hydrogens (tertiary/aromatic N) is 6. The van der Waals surface area contributed by atoms with Crippen LogP contribution in [0.3, 0.4) is 0 Å². The number of nitrogens with two attached hydrogens (primary N) is 1. The summed E-state index contributed by atoms with van der Waals surface area (Å²) >= 11 is 0. The van der Waals surface area contributed by atoms with Crippen LogP contribution in [0.1, 0.15) is 32.0 Å². The fourth-order valence-corrected chi connectivity index (χ4v) is 5.30. The molecule has 2 N–H and O–H groups in total. The molecule has 10 nitrogen and oxygen atoms in total. The van der Waals surface area contributed by atoms with Gasteiger partial charge in [0, 0.05) is 58.1 Å². The Bertz CT molecular complexity index is 1150. The number of piperidine rings is 1. The molecule has 2 fully saturated rings. The van der Waals surface area contributed by atoms with Gasteiger partial charge in [0.25, 0.3) is 0 Å². The SMILES string of the molecule is COCCc1noc(N2CCC(COc3cnc(N4CC(N)[C@@H](C5=CC(F)=CCC5(C)F)C4)nc3)CC2)n1. The van der Waals surface area contributed by atoms with E-state index in [0.29, 0.717) is 67.8 Å². The minimum atomic E-state index is -1.61. The van der Waals surface area contributed by atoms with Crippen molar-refractivity contribution >= 4 is 12.0 Å². The van der Waals surface area contributed by atoms with E-state index < -0.39 is 11.5 Å². The number of halogens is 2. The van der Waals surface area contributed by atoms with E-state index in [0.717, 1.165) is 25.9 Å². The van der Waals surface area contributed by atoms with Crippen LogP contribution in [0, 0.1) is 11.8 Å². The molecule has 2 aliphatic heterocycles. The van der Waals surface area contributed by atoms with Crippen LogP contribution in [-0.2, 0) is 11.2 Å². The fraction of sp³-hybridized carbons (Fsp3) is 0.615. The maximum absolute atomic E-state index is 15.1. The Morgan fingerprint density at radius 3 is 2.68 bits per heavy atom. The highest BCUT2D eigenvalue weighted by Gasteiger charge is 2.42. The second kappa shape index (κ2) is 11.3. The minimum absolute atomic E-state index is 0.0161. The van der Waals surface area contributed by atoms with Crippen molar-refractivity contribution in [1.29, 1.82) is 0 Å². The first kappa shape index (κ1) is 26.5. The van der Waals surface area contributed by atoms with Crippen molar-refractivity contribution in [3.05, 3.63) is 41.8 Å². The Balaban J connectivity index is 1.10. The summed E-state index contributed by atoms with van der Waals surface area (Å²) in [6.07, 6.45) is 8.41. The van der Waals surface area contributed by atoms with Crippen molar-refractivity contribution in [2.75, 3.05) is 56.3 Å². The van der Waals surface area contributed by atoms with Gasteiger partial charge < -0.3 is 29.5 Å². The molecule has 0 spiro atoms. The van der Waals surface area contributed by atoms with E-state index in [1.165, 1.54) is 19.1 Å². The number of methoxy groups -OCH3 is 1. The standard InChI is InChI=1S/C26H35F2N7O3/c1-26(28)7-3-18(27)11-21(26)20-14-35(15-22(20)29)24-30-12-19(13-31-24)37-16-17-4-8-34(9-5-17)25-32-23(33-38-25)6-10-36-2/h3,11-13,17,20,22H,4-10,14-16,29H2,1-2H3/t20-,22?,26?/m1/s1. The second-order valence-corrected chi connectivity index (χ2v) is 10.5. The third-order valence-electron chi connectivity index (χ3n) is 7.60. The number of anilines is 2. The quantitative estimate of drug-likeness (QED) is 0.518. The summed E-state index contributed by atoms with van der Waals surface area (Å²) in [6.45, 7) is 5.15. The van der Waals surface area contributed by atoms with Crippen LogP contribution in [0.2, 0.25) is 0 Å². The first-order valence-corrected chi connectivity index (χ1v) is 13.1. The normalized spacial score (nSPS) is 26.4. The Kier molecular flexibility index (Phi) is 7.89. The molecule has 2 aromatic rings. The van der Waals surface area contributed by atoms with Crippen LogP contribution in [-0.4, -0.2) is 78.3 Å². The summed E-state index contributed by atoms with van der Waals surface area (Å²) in [7, 11) is 1.65. The zero-order chi connectivity index (χ0) is 26.7. The third-order valence-corrected chi connectivity index (χ3v) is 7.60. The van der Waals surface area contributed by atoms with Gasteiger partial charge in [-0.25, -0.2) is 18.7 Å². The highest BCUT2D eigenvalue weighted by atomic mass is 19.1. The number of ether oxygens (including phenoxy) is 2. The van der Waals surface area contributed by atoms with Crippen LogP contribution < -0.4 is 20.3 Å². The molecule has 0 saturated carbocycles. The summed E-state index contributed by atoms with van der Waals surface area (Å²) in [5, 5.41) is 4.01. The average molecular weight is 532 g/mol. The molecule has 3 aliphatic rings. The predicted molar refractivity (Wildman–Crippen MR) is 137 cm³/mol. The van der Waals surface area contributed by atoms with Crippen molar-refractivity contribution in [2.24, 2.45) is 17.6 Å². The largest absolute Gasteiger partial charge is 0.490 e. The number of rotatable bonds is 9. The van der Waals surface area contributed by atoms with Gasteiger partial charge in [-0.3, -0.25) is 0 Å². The van der Waals surface area contributed by atoms with Gasteiger partial charge in [-0.2, -0.15) is 4.98 Å². The van der Waals surface area contributed by atoms with E-state index in [4.69, 9.17) is 19.7 Å². The molecule has 0 aromatic carbocycles. The van der Waals surface area contributed by atoms with Gasteiger partial charge in [0.2, 0.25) is 5.95 Å². The van der Waals surface area contributed by atoms with Gasteiger partial charge in [0.1, 0.15) is 11.5 Å². The minimum Gasteiger partial charge on any atom is -0.490 e. The Labute approximate surface area is 220 Å². The van der Waals surface area contributed by atoms with Crippen molar-refractivity contribution in [1.82, 2.24) is 20.1 Å². The lowest BCUT2D eigenvalue weighted by atomic mass is 9.79. The van der Waals surface area contributed by atoms with Crippen LogP contribution >= 0.6 is 0 Å². The molecule has 2 unspecified atom stereocenters. The molecule has 5 rings (SSSR count). The highest BCUT2D eigenvalue weighted by molar-refractivity contribution is 5.41. The van der Waals surface area contributed by atoms with Gasteiger partial charge in [0.15, 0.2) is 11.6 Å². The van der Waals surface area contributed by atoms with Crippen LogP contribution in [0.4, 0.5) is 20.7 Å². The summed E-state index contributed by atoms with van der Waals surface area (Å²) in [6, 6.07) is 0.220. The van der Waals surface area contributed by atoms with Crippen molar-refractivity contribution in [2.45, 2.75) is 44.3 Å². The Hall–Kier alpha value is -3.12. The Morgan fingerprint density at radius 2 is 1.95 bits per heavy atom. The van der Waals surface area contributed by atoms with E-state index in [9.17, 15) is 4.39 Å². The lowest BCUT2D eigenvalue weighted by molar-refractivity contribution is 0.199. The maximum Gasteiger partial charge on any atom is 0.324 e. The van der Waals surface area contributed by atoms with Crippen molar-refractivity contribution in [3.63, 3.8) is 0 Å². The fourth-order valence-electron chi connectivity index (χ4n) is 5.30. The number of hydrogen-bond acceptors (Lipinski definition) is 10. The maximum atomic E-state index is 15.1. The summed E-state index contributed by atoms with van der Waals surface area (Å²) in [5.74, 6) is 1.42. The molecule has 4 heterocycles. The zero-order valence-corrected chi connectivity index (χ0v) is 21.9. The van der Waals surface area contributed by atoms with Crippen molar-refractivity contribution in [3.8, 4) is 5.75 Å². The molecule has 3 atom stereocenters. The number of alkyl halides is 1. The van der Waals surface area contributed by atoms with Crippen molar-refractivity contribution < 1.29 is 22.8 Å². The molecular weight excluding hydrogens is 496 g/mol. The summed E-state index contributed by atoms with van der Waals surface area (Å²) < 4.78 is 45.4. The molecule has 12 heteroatoms. The first-order chi connectivity index (χ1) is 18.3. The zero-order valence-electron chi connectivity index (χ0n) is 21.9. The highest BCUT2D eigenvalue weighted by Crippen LogP contribution is 2.40.